The van der Waals surface area contributed by atoms with Crippen LogP contribution in [0.5, 0.6) is 0 Å². The lowest BCUT2D eigenvalue weighted by Gasteiger charge is -2.37. The second-order valence-electron chi connectivity index (χ2n) is 8.28. The highest BCUT2D eigenvalue weighted by Crippen LogP contribution is 2.40. The summed E-state index contributed by atoms with van der Waals surface area (Å²) in [5, 5.41) is 13.1. The van der Waals surface area contributed by atoms with E-state index < -0.39 is 11.7 Å². The highest BCUT2D eigenvalue weighted by atomic mass is 32.2. The normalized spacial score (nSPS) is 13.6. The third-order valence-corrected chi connectivity index (χ3v) is 6.79. The Kier molecular flexibility index (Phi) is 8.37. The molecule has 2 atom stereocenters. The molecule has 0 bridgehead atoms. The van der Waals surface area contributed by atoms with E-state index in [1.165, 1.54) is 4.90 Å². The van der Waals surface area contributed by atoms with Crippen LogP contribution in [0.2, 0.25) is 0 Å². The third kappa shape index (κ3) is 5.68. The van der Waals surface area contributed by atoms with Crippen LogP contribution in [0.25, 0.3) is 0 Å². The molecular weight excluding hydrogens is 436 g/mol. The van der Waals surface area contributed by atoms with Gasteiger partial charge in [-0.3, -0.25) is 0 Å². The van der Waals surface area contributed by atoms with Crippen LogP contribution in [0.15, 0.2) is 138 Å². The third-order valence-electron chi connectivity index (χ3n) is 5.95. The van der Waals surface area contributed by atoms with Gasteiger partial charge in [0.2, 0.25) is 0 Å². The number of thioether (sulfide) groups is 1. The Morgan fingerprint density at radius 1 is 0.706 bits per heavy atom. The zero-order valence-corrected chi connectivity index (χ0v) is 20.1. The van der Waals surface area contributed by atoms with Crippen molar-refractivity contribution < 1.29 is 9.84 Å². The molecule has 0 unspecified atom stereocenters. The van der Waals surface area contributed by atoms with Crippen LogP contribution in [0.1, 0.15) is 23.6 Å². The highest BCUT2D eigenvalue weighted by molar-refractivity contribution is 8.02. The topological polar surface area (TPSA) is 29.5 Å². The van der Waals surface area contributed by atoms with Gasteiger partial charge in [0.05, 0.1) is 12.7 Å². The lowest BCUT2D eigenvalue weighted by molar-refractivity contribution is -0.0476. The van der Waals surface area contributed by atoms with Crippen molar-refractivity contribution >= 4 is 11.8 Å². The first kappa shape index (κ1) is 24.0. The van der Waals surface area contributed by atoms with Crippen LogP contribution in [0.4, 0.5) is 0 Å². The number of rotatable bonds is 10. The summed E-state index contributed by atoms with van der Waals surface area (Å²) in [5.74, 6) is -0.0590. The number of aliphatic hydroxyl groups is 1. The molecule has 0 aliphatic heterocycles. The van der Waals surface area contributed by atoms with E-state index in [0.29, 0.717) is 0 Å². The molecule has 34 heavy (non-hydrogen) atoms. The monoisotopic (exact) mass is 466 g/mol. The van der Waals surface area contributed by atoms with E-state index >= 15 is 0 Å². The Bertz CT molecular complexity index is 1050. The lowest BCUT2D eigenvalue weighted by atomic mass is 9.80. The molecule has 0 heterocycles. The minimum atomic E-state index is -0.826. The summed E-state index contributed by atoms with van der Waals surface area (Å²) in [4.78, 5) is 1.17. The molecule has 0 spiro atoms. The molecule has 0 saturated carbocycles. The van der Waals surface area contributed by atoms with Gasteiger partial charge in [0, 0.05) is 10.8 Å². The maximum atomic E-state index is 11.0. The van der Waals surface area contributed by atoms with Crippen molar-refractivity contribution in [2.75, 3.05) is 6.61 Å². The second kappa shape index (κ2) is 11.8. The molecule has 4 rings (SSSR count). The Morgan fingerprint density at radius 3 is 1.56 bits per heavy atom. The molecule has 0 saturated heterocycles. The van der Waals surface area contributed by atoms with Gasteiger partial charge in [-0.25, -0.2) is 0 Å². The van der Waals surface area contributed by atoms with Crippen molar-refractivity contribution in [3.05, 3.63) is 150 Å². The maximum absolute atomic E-state index is 11.0. The van der Waals surface area contributed by atoms with Crippen LogP contribution in [-0.4, -0.2) is 17.8 Å². The molecule has 3 heteroatoms. The maximum Gasteiger partial charge on any atom is 0.143 e. The molecule has 0 fully saturated rings. The molecule has 4 aromatic carbocycles. The van der Waals surface area contributed by atoms with Gasteiger partial charge < -0.3 is 9.84 Å². The average Bonchev–Trinajstić information content (AvgIpc) is 2.91. The van der Waals surface area contributed by atoms with Crippen molar-refractivity contribution in [3.8, 4) is 0 Å². The van der Waals surface area contributed by atoms with Crippen molar-refractivity contribution in [1.29, 1.82) is 0 Å². The number of aliphatic hydroxyl groups excluding tert-OH is 1. The summed E-state index contributed by atoms with van der Waals surface area (Å²) in [6, 6.07) is 41.0. The summed E-state index contributed by atoms with van der Waals surface area (Å²) in [6.45, 7) is 2.21. The SMILES string of the molecule is C[C@H](/C=C/Sc1ccccc1)[C@@H](O)COC(c1ccccc1)(c1ccccc1)c1ccccc1. The Morgan fingerprint density at radius 2 is 1.12 bits per heavy atom. The number of benzene rings is 4. The van der Waals surface area contributed by atoms with Crippen molar-refractivity contribution in [2.45, 2.75) is 23.5 Å². The molecule has 0 aromatic heterocycles. The summed E-state index contributed by atoms with van der Waals surface area (Å²) in [5.41, 5.74) is 2.26. The zero-order chi connectivity index (χ0) is 23.6. The summed E-state index contributed by atoms with van der Waals surface area (Å²) < 4.78 is 6.74. The predicted molar refractivity (Wildman–Crippen MR) is 142 cm³/mol. The molecule has 2 nitrogen and oxygen atoms in total. The van der Waals surface area contributed by atoms with E-state index in [2.05, 4.69) is 48.5 Å². The van der Waals surface area contributed by atoms with Crippen LogP contribution in [-0.2, 0) is 10.3 Å². The summed E-state index contributed by atoms with van der Waals surface area (Å²) >= 11 is 1.65. The van der Waals surface area contributed by atoms with E-state index in [9.17, 15) is 5.11 Å². The molecule has 0 radical (unpaired) electrons. The minimum Gasteiger partial charge on any atom is -0.390 e. The van der Waals surface area contributed by atoms with Crippen LogP contribution in [0, 0.1) is 5.92 Å². The summed E-state index contributed by atoms with van der Waals surface area (Å²) in [6.07, 6.45) is 1.39. The van der Waals surface area contributed by atoms with Gasteiger partial charge in [-0.1, -0.05) is 134 Å². The van der Waals surface area contributed by atoms with Gasteiger partial charge in [0.25, 0.3) is 0 Å². The minimum absolute atomic E-state index is 0.0590. The van der Waals surface area contributed by atoms with Crippen molar-refractivity contribution in [2.24, 2.45) is 5.92 Å². The van der Waals surface area contributed by atoms with Gasteiger partial charge in [-0.2, -0.15) is 0 Å². The standard InChI is InChI=1S/C31H30O2S/c1-25(22-23-34-29-20-12-5-13-21-29)30(32)24-33-31(26-14-6-2-7-15-26,27-16-8-3-9-17-27)28-18-10-4-11-19-28/h2-23,25,30,32H,24H2,1H3/b23-22+/t25-,30+/m1/s1. The van der Waals surface area contributed by atoms with E-state index in [1.54, 1.807) is 11.8 Å². The lowest BCUT2D eigenvalue weighted by Crippen LogP contribution is -2.37. The van der Waals surface area contributed by atoms with Gasteiger partial charge in [0.15, 0.2) is 0 Å². The van der Waals surface area contributed by atoms with Gasteiger partial charge in [-0.15, -0.1) is 0 Å². The molecule has 4 aromatic rings. The number of ether oxygens (including phenoxy) is 1. The zero-order valence-electron chi connectivity index (χ0n) is 19.3. The fraction of sp³-hybridized carbons (Fsp3) is 0.161. The van der Waals surface area contributed by atoms with Crippen LogP contribution >= 0.6 is 11.8 Å². The molecule has 1 N–H and O–H groups in total. The first-order chi connectivity index (χ1) is 16.7. The molecule has 0 amide bonds. The van der Waals surface area contributed by atoms with Crippen molar-refractivity contribution in [3.63, 3.8) is 0 Å². The second-order valence-corrected chi connectivity index (χ2v) is 9.26. The Labute approximate surface area is 206 Å². The molecular formula is C31H30O2S. The van der Waals surface area contributed by atoms with E-state index in [0.717, 1.165) is 16.7 Å². The smallest absolute Gasteiger partial charge is 0.143 e. The number of hydrogen-bond acceptors (Lipinski definition) is 3. The van der Waals surface area contributed by atoms with Crippen LogP contribution < -0.4 is 0 Å². The van der Waals surface area contributed by atoms with Gasteiger partial charge in [0.1, 0.15) is 5.60 Å². The van der Waals surface area contributed by atoms with E-state index in [4.69, 9.17) is 4.74 Å². The quantitative estimate of drug-likeness (QED) is 0.196. The number of hydrogen-bond donors (Lipinski definition) is 1. The van der Waals surface area contributed by atoms with Crippen molar-refractivity contribution in [1.82, 2.24) is 0 Å². The van der Waals surface area contributed by atoms with E-state index in [-0.39, 0.29) is 12.5 Å². The molecule has 172 valence electrons. The molecule has 0 aliphatic carbocycles. The Balaban J connectivity index is 1.60. The fourth-order valence-corrected chi connectivity index (χ4v) is 4.80. The van der Waals surface area contributed by atoms with Gasteiger partial charge >= 0.3 is 0 Å². The average molecular weight is 467 g/mol. The highest BCUT2D eigenvalue weighted by Gasteiger charge is 2.38. The predicted octanol–water partition coefficient (Wildman–Crippen LogP) is 7.30. The Hall–Kier alpha value is -3.11. The van der Waals surface area contributed by atoms with Crippen LogP contribution in [0.3, 0.4) is 0 Å². The largest absolute Gasteiger partial charge is 0.390 e. The molecule has 0 aliphatic rings. The van der Waals surface area contributed by atoms with Gasteiger partial charge in [-0.05, 0) is 34.2 Å². The first-order valence-electron chi connectivity index (χ1n) is 11.6. The summed E-state index contributed by atoms with van der Waals surface area (Å²) in [7, 11) is 0. The van der Waals surface area contributed by atoms with E-state index in [1.807, 2.05) is 91.2 Å². The fourth-order valence-electron chi connectivity index (χ4n) is 4.00. The first-order valence-corrected chi connectivity index (χ1v) is 12.4.